The summed E-state index contributed by atoms with van der Waals surface area (Å²) < 4.78 is 1.84. The number of likely N-dealkylation sites (tertiary alicyclic amines) is 1. The van der Waals surface area contributed by atoms with Crippen LogP contribution in [0.1, 0.15) is 39.0 Å². The Morgan fingerprint density at radius 3 is 2.84 bits per heavy atom. The van der Waals surface area contributed by atoms with E-state index in [1.54, 1.807) is 5.38 Å². The molecule has 2 atom stereocenters. The first-order chi connectivity index (χ1) is 11.9. The van der Waals surface area contributed by atoms with E-state index in [9.17, 15) is 9.59 Å². The number of rotatable bonds is 6. The Kier molecular flexibility index (Phi) is 4.91. The average Bonchev–Trinajstić information content (AvgIpc) is 3.23. The Bertz CT molecular complexity index is 797. The van der Waals surface area contributed by atoms with Gasteiger partial charge in [-0.15, -0.1) is 11.3 Å². The number of aryl methyl sites for hydroxylation is 1. The summed E-state index contributed by atoms with van der Waals surface area (Å²) in [5, 5.41) is 9.51. The van der Waals surface area contributed by atoms with Gasteiger partial charge in [0.05, 0.1) is 17.8 Å². The lowest BCUT2D eigenvalue weighted by molar-refractivity contribution is -0.127. The van der Waals surface area contributed by atoms with Gasteiger partial charge in [0.15, 0.2) is 0 Å². The zero-order valence-corrected chi connectivity index (χ0v) is 15.5. The zero-order chi connectivity index (χ0) is 18.1. The minimum atomic E-state index is -0.405. The predicted octanol–water partition coefficient (Wildman–Crippen LogP) is 1.20. The number of carbonyl (C=O) groups excluding carboxylic acids is 2. The Hall–Kier alpha value is -2.19. The minimum absolute atomic E-state index is 0.0400. The van der Waals surface area contributed by atoms with Crippen molar-refractivity contribution in [2.75, 3.05) is 13.6 Å². The van der Waals surface area contributed by atoms with Crippen molar-refractivity contribution in [3.8, 4) is 0 Å². The molecule has 1 aliphatic rings. The average molecular weight is 361 g/mol. The van der Waals surface area contributed by atoms with Crippen LogP contribution >= 0.6 is 11.3 Å². The lowest BCUT2D eigenvalue weighted by Crippen LogP contribution is -2.29. The van der Waals surface area contributed by atoms with Crippen LogP contribution in [0.5, 0.6) is 0 Å². The summed E-state index contributed by atoms with van der Waals surface area (Å²) in [6, 6.07) is 1.85. The van der Waals surface area contributed by atoms with E-state index in [0.717, 1.165) is 22.7 Å². The Labute approximate surface area is 150 Å². The second-order valence-corrected chi connectivity index (χ2v) is 7.52. The molecule has 3 rings (SSSR count). The molecule has 2 aromatic rings. The second kappa shape index (κ2) is 6.97. The summed E-state index contributed by atoms with van der Waals surface area (Å²) >= 11 is 1.51. The molecule has 1 aliphatic heterocycles. The number of hydrogen-bond acceptors (Lipinski definition) is 5. The highest BCUT2D eigenvalue weighted by Crippen LogP contribution is 2.37. The fraction of sp³-hybridized carbons (Fsp3) is 0.471. The summed E-state index contributed by atoms with van der Waals surface area (Å²) in [4.78, 5) is 26.3. The molecule has 2 aromatic heterocycles. The van der Waals surface area contributed by atoms with Crippen LogP contribution in [-0.4, -0.2) is 40.1 Å². The smallest absolute Gasteiger partial charge is 0.249 e. The summed E-state index contributed by atoms with van der Waals surface area (Å²) in [6.07, 6.45) is 2.39. The van der Waals surface area contributed by atoms with Crippen LogP contribution in [0.4, 0.5) is 0 Å². The van der Waals surface area contributed by atoms with Crippen LogP contribution < -0.4 is 11.1 Å². The number of nitrogens with two attached hydrogens (primary N) is 1. The summed E-state index contributed by atoms with van der Waals surface area (Å²) in [5.74, 6) is -0.0548. The van der Waals surface area contributed by atoms with Crippen molar-refractivity contribution in [2.45, 2.75) is 25.9 Å². The molecule has 0 spiro atoms. The van der Waals surface area contributed by atoms with Crippen molar-refractivity contribution in [1.29, 1.82) is 0 Å². The zero-order valence-electron chi connectivity index (χ0n) is 14.7. The molecule has 0 bridgehead atoms. The third-order valence-electron chi connectivity index (χ3n) is 4.93. The summed E-state index contributed by atoms with van der Waals surface area (Å²) in [6.45, 7) is 3.41. The number of hydrogen-bond donors (Lipinski definition) is 2. The van der Waals surface area contributed by atoms with Crippen molar-refractivity contribution in [1.82, 2.24) is 20.0 Å². The topological polar surface area (TPSA) is 93.2 Å². The van der Waals surface area contributed by atoms with E-state index < -0.39 is 5.91 Å². The van der Waals surface area contributed by atoms with Crippen molar-refractivity contribution in [2.24, 2.45) is 18.7 Å². The van der Waals surface area contributed by atoms with Gasteiger partial charge in [0.2, 0.25) is 11.8 Å². The molecule has 0 unspecified atom stereocenters. The van der Waals surface area contributed by atoms with E-state index in [1.165, 1.54) is 11.3 Å². The molecule has 8 heteroatoms. The number of aromatic nitrogens is 2. The van der Waals surface area contributed by atoms with E-state index in [-0.39, 0.29) is 17.9 Å². The van der Waals surface area contributed by atoms with Gasteiger partial charge in [-0.05, 0) is 13.0 Å². The SMILES string of the molecule is Cc1c([C@H]2[C@H](CNCc3cc(C(N)=O)cs3)CC(=O)N2C)cnn1C. The van der Waals surface area contributed by atoms with Crippen LogP contribution in [0.2, 0.25) is 0 Å². The van der Waals surface area contributed by atoms with E-state index in [0.29, 0.717) is 18.5 Å². The van der Waals surface area contributed by atoms with Gasteiger partial charge in [0.25, 0.3) is 0 Å². The highest BCUT2D eigenvalue weighted by molar-refractivity contribution is 7.10. The van der Waals surface area contributed by atoms with Crippen molar-refractivity contribution in [3.05, 3.63) is 39.3 Å². The minimum Gasteiger partial charge on any atom is -0.366 e. The Morgan fingerprint density at radius 1 is 1.48 bits per heavy atom. The molecule has 1 saturated heterocycles. The standard InChI is InChI=1S/C17H23N5O2S/c1-10-14(8-20-22(10)3)16-11(5-15(23)21(16)2)6-19-7-13-4-12(9-25-13)17(18)24/h4,8-9,11,16,19H,5-7H2,1-3H3,(H2,18,24)/t11-,16+/m0/s1. The molecule has 2 amide bonds. The molecule has 3 heterocycles. The van der Waals surface area contributed by atoms with E-state index >= 15 is 0 Å². The van der Waals surface area contributed by atoms with Crippen LogP contribution in [-0.2, 0) is 18.4 Å². The molecule has 7 nitrogen and oxygen atoms in total. The van der Waals surface area contributed by atoms with Crippen LogP contribution in [0.15, 0.2) is 17.6 Å². The van der Waals surface area contributed by atoms with Crippen LogP contribution in [0.3, 0.4) is 0 Å². The van der Waals surface area contributed by atoms with E-state index in [2.05, 4.69) is 10.4 Å². The van der Waals surface area contributed by atoms with Crippen molar-refractivity contribution in [3.63, 3.8) is 0 Å². The highest BCUT2D eigenvalue weighted by atomic mass is 32.1. The van der Waals surface area contributed by atoms with Gasteiger partial charge in [-0.25, -0.2) is 0 Å². The van der Waals surface area contributed by atoms with Gasteiger partial charge < -0.3 is 16.0 Å². The Morgan fingerprint density at radius 2 is 2.24 bits per heavy atom. The molecule has 134 valence electrons. The van der Waals surface area contributed by atoms with Crippen molar-refractivity contribution < 1.29 is 9.59 Å². The fourth-order valence-corrected chi connectivity index (χ4v) is 4.23. The highest BCUT2D eigenvalue weighted by Gasteiger charge is 2.39. The van der Waals surface area contributed by atoms with Crippen molar-refractivity contribution >= 4 is 23.2 Å². The number of primary amides is 1. The van der Waals surface area contributed by atoms with Gasteiger partial charge in [-0.3, -0.25) is 14.3 Å². The number of thiophene rings is 1. The fourth-order valence-electron chi connectivity index (χ4n) is 3.39. The lowest BCUT2D eigenvalue weighted by atomic mass is 9.94. The maximum absolute atomic E-state index is 12.2. The predicted molar refractivity (Wildman–Crippen MR) is 96.1 cm³/mol. The lowest BCUT2D eigenvalue weighted by Gasteiger charge is -2.25. The third kappa shape index (κ3) is 3.45. The first-order valence-corrected chi connectivity index (χ1v) is 9.08. The first-order valence-electron chi connectivity index (χ1n) is 8.20. The quantitative estimate of drug-likeness (QED) is 0.808. The largest absolute Gasteiger partial charge is 0.366 e. The molecular weight excluding hydrogens is 338 g/mol. The molecule has 1 fully saturated rings. The second-order valence-electron chi connectivity index (χ2n) is 6.52. The van der Waals surface area contributed by atoms with E-state index in [4.69, 9.17) is 5.73 Å². The van der Waals surface area contributed by atoms with Gasteiger partial charge in [-0.1, -0.05) is 0 Å². The van der Waals surface area contributed by atoms with Gasteiger partial charge >= 0.3 is 0 Å². The molecule has 25 heavy (non-hydrogen) atoms. The molecule has 3 N–H and O–H groups in total. The monoisotopic (exact) mass is 361 g/mol. The summed E-state index contributed by atoms with van der Waals surface area (Å²) in [5.41, 5.74) is 8.01. The number of nitrogens with one attached hydrogen (secondary N) is 1. The molecular formula is C17H23N5O2S. The maximum Gasteiger partial charge on any atom is 0.249 e. The maximum atomic E-state index is 12.2. The molecule has 0 aromatic carbocycles. The van der Waals surface area contributed by atoms with Gasteiger partial charge in [0, 0.05) is 61.0 Å². The summed E-state index contributed by atoms with van der Waals surface area (Å²) in [7, 11) is 3.77. The van der Waals surface area contributed by atoms with Crippen LogP contribution in [0.25, 0.3) is 0 Å². The Balaban J connectivity index is 1.66. The molecule has 0 aliphatic carbocycles. The van der Waals surface area contributed by atoms with E-state index in [1.807, 2.05) is 42.9 Å². The number of amides is 2. The molecule has 0 saturated carbocycles. The first kappa shape index (κ1) is 17.6. The van der Waals surface area contributed by atoms with Gasteiger partial charge in [0.1, 0.15) is 0 Å². The third-order valence-corrected chi connectivity index (χ3v) is 5.87. The number of carbonyl (C=O) groups is 2. The molecule has 0 radical (unpaired) electrons. The van der Waals surface area contributed by atoms with Gasteiger partial charge in [-0.2, -0.15) is 5.10 Å². The number of nitrogens with zero attached hydrogens (tertiary/aromatic N) is 3. The van der Waals surface area contributed by atoms with Crippen LogP contribution in [0, 0.1) is 12.8 Å². The normalized spacial score (nSPS) is 20.4.